The molecule has 0 saturated heterocycles. The van der Waals surface area contributed by atoms with Gasteiger partial charge in [0, 0.05) is 39.2 Å². The summed E-state index contributed by atoms with van der Waals surface area (Å²) < 4.78 is 29.5. The van der Waals surface area contributed by atoms with Crippen molar-refractivity contribution in [3.63, 3.8) is 0 Å². The van der Waals surface area contributed by atoms with Crippen LogP contribution in [0.2, 0.25) is 5.02 Å². The molecule has 6 nitrogen and oxygen atoms in total. The number of aromatic nitrogens is 2. The van der Waals surface area contributed by atoms with Gasteiger partial charge in [0.05, 0.1) is 35.6 Å². The highest BCUT2D eigenvalue weighted by atomic mass is 35.5. The number of nitrogens with one attached hydrogen (secondary N) is 2. The van der Waals surface area contributed by atoms with Gasteiger partial charge in [0.2, 0.25) is 5.95 Å². The van der Waals surface area contributed by atoms with Crippen LogP contribution in [0.3, 0.4) is 0 Å². The van der Waals surface area contributed by atoms with Crippen LogP contribution in [0.15, 0.2) is 76.8 Å². The largest absolute Gasteiger partial charge is 0.363 e. The van der Waals surface area contributed by atoms with E-state index in [1.165, 1.54) is 18.2 Å². The Bertz CT molecular complexity index is 1610. The molecule has 0 aliphatic carbocycles. The molecule has 6 rings (SSSR count). The maximum atomic E-state index is 14.8. The van der Waals surface area contributed by atoms with Gasteiger partial charge in [-0.2, -0.15) is 0 Å². The molecule has 2 N–H and O–H groups in total. The number of aliphatic imine (C=N–C) groups is 2. The van der Waals surface area contributed by atoms with E-state index in [9.17, 15) is 8.78 Å². The van der Waals surface area contributed by atoms with Crippen LogP contribution in [-0.2, 0) is 6.54 Å². The van der Waals surface area contributed by atoms with Crippen molar-refractivity contribution in [3.05, 3.63) is 106 Å². The summed E-state index contributed by atoms with van der Waals surface area (Å²) in [7, 11) is 0. The third kappa shape index (κ3) is 5.12. The zero-order valence-electron chi connectivity index (χ0n) is 20.7. The molecular formula is C30H27ClF2N6. The van der Waals surface area contributed by atoms with Gasteiger partial charge in [-0.05, 0) is 62.4 Å². The first-order valence-corrected chi connectivity index (χ1v) is 12.5. The fourth-order valence-electron chi connectivity index (χ4n) is 4.60. The number of fused-ring (bicyclic) bond motifs is 3. The van der Waals surface area contributed by atoms with Crippen molar-refractivity contribution in [1.82, 2.24) is 15.3 Å². The Morgan fingerprint density at radius 2 is 1.69 bits per heavy atom. The fraction of sp³-hybridized carbons (Fsp3) is 0.200. The number of nitrogens with zero attached hydrogens (tertiary/aromatic N) is 4. The van der Waals surface area contributed by atoms with Crippen LogP contribution < -0.4 is 10.6 Å². The maximum absolute atomic E-state index is 14.8. The van der Waals surface area contributed by atoms with Gasteiger partial charge < -0.3 is 10.6 Å². The molecule has 2 aliphatic rings. The molecule has 39 heavy (non-hydrogen) atoms. The van der Waals surface area contributed by atoms with Gasteiger partial charge in [-0.3, -0.25) is 9.98 Å². The van der Waals surface area contributed by atoms with Crippen molar-refractivity contribution >= 4 is 34.8 Å². The molecule has 0 unspecified atom stereocenters. The van der Waals surface area contributed by atoms with E-state index in [0.29, 0.717) is 27.8 Å². The Hall–Kier alpha value is -4.17. The Balaban J connectivity index is 0.00000308. The van der Waals surface area contributed by atoms with Crippen LogP contribution in [0.1, 0.15) is 43.5 Å². The molecule has 0 bridgehead atoms. The Labute approximate surface area is 230 Å². The van der Waals surface area contributed by atoms with Crippen molar-refractivity contribution in [3.8, 4) is 11.3 Å². The molecule has 1 aromatic heterocycles. The molecule has 2 aliphatic heterocycles. The summed E-state index contributed by atoms with van der Waals surface area (Å²) in [6, 6.07) is 16.8. The summed E-state index contributed by atoms with van der Waals surface area (Å²) in [6.07, 6.45) is 1.68. The molecule has 0 fully saturated rings. The molecule has 9 heteroatoms. The first-order valence-electron chi connectivity index (χ1n) is 12.1. The number of rotatable bonds is 4. The molecule has 3 heterocycles. The lowest BCUT2D eigenvalue weighted by Gasteiger charge is -2.18. The molecule has 4 aromatic rings. The Morgan fingerprint density at radius 3 is 2.38 bits per heavy atom. The predicted octanol–water partition coefficient (Wildman–Crippen LogP) is 6.93. The topological polar surface area (TPSA) is 74.6 Å². The van der Waals surface area contributed by atoms with Gasteiger partial charge in [0.1, 0.15) is 17.5 Å². The van der Waals surface area contributed by atoms with Crippen LogP contribution in [0.5, 0.6) is 0 Å². The summed E-state index contributed by atoms with van der Waals surface area (Å²) in [5.74, 6) is -0.129. The van der Waals surface area contributed by atoms with Crippen LogP contribution in [0, 0.1) is 11.6 Å². The highest BCUT2D eigenvalue weighted by molar-refractivity contribution is 6.31. The number of amidine groups is 1. The van der Waals surface area contributed by atoms with Crippen LogP contribution in [0.25, 0.3) is 11.3 Å². The standard InChI is InChI=1S/C29H23ClF2N6.CH4/c1-29(2)15-35-27(38-29)16-6-9-19(10-7-16)36-28-34-14-17-13-33-26(24-22(31)4-3-5-23(24)32)21-12-18(30)8-11-20(21)25(17)37-28;/h3-12,14H,13,15H2,1-2H3,(H,35,38)(H,34,36,37);1H4. The predicted molar refractivity (Wildman–Crippen MR) is 153 cm³/mol. The number of anilines is 2. The second kappa shape index (κ2) is 10.2. The third-order valence-electron chi connectivity index (χ3n) is 6.47. The molecule has 0 spiro atoms. The second-order valence-corrected chi connectivity index (χ2v) is 10.3. The summed E-state index contributed by atoms with van der Waals surface area (Å²) in [5.41, 5.74) is 4.26. The molecule has 3 aromatic carbocycles. The first-order chi connectivity index (χ1) is 18.3. The minimum absolute atomic E-state index is 0. The van der Waals surface area contributed by atoms with E-state index < -0.39 is 11.6 Å². The van der Waals surface area contributed by atoms with Gasteiger partial charge in [-0.15, -0.1) is 0 Å². The fourth-order valence-corrected chi connectivity index (χ4v) is 4.77. The SMILES string of the molecule is C.CC1(C)CN=C(c2ccc(Nc3ncc4c(n3)-c3ccc(Cl)cc3C(c3c(F)cccc3F)=NC4)cc2)N1. The number of hydrogen-bond donors (Lipinski definition) is 2. The van der Waals surface area contributed by atoms with Gasteiger partial charge in [0.25, 0.3) is 0 Å². The molecule has 198 valence electrons. The number of halogens is 3. The monoisotopic (exact) mass is 544 g/mol. The van der Waals surface area contributed by atoms with Gasteiger partial charge >= 0.3 is 0 Å². The van der Waals surface area contributed by atoms with Crippen molar-refractivity contribution < 1.29 is 8.78 Å². The molecule has 0 atom stereocenters. The summed E-state index contributed by atoms with van der Waals surface area (Å²) in [6.45, 7) is 5.11. The minimum atomic E-state index is -0.695. The normalized spacial score (nSPS) is 15.1. The zero-order valence-corrected chi connectivity index (χ0v) is 21.4. The van der Waals surface area contributed by atoms with E-state index in [-0.39, 0.29) is 30.8 Å². The van der Waals surface area contributed by atoms with E-state index in [1.807, 2.05) is 24.3 Å². The second-order valence-electron chi connectivity index (χ2n) is 9.89. The zero-order chi connectivity index (χ0) is 26.4. The first kappa shape index (κ1) is 26.4. The van der Waals surface area contributed by atoms with E-state index in [4.69, 9.17) is 16.6 Å². The van der Waals surface area contributed by atoms with Gasteiger partial charge in [-0.25, -0.2) is 18.7 Å². The Kier molecular flexibility index (Phi) is 6.91. The lowest BCUT2D eigenvalue weighted by Crippen LogP contribution is -2.39. The molecular weight excluding hydrogens is 518 g/mol. The van der Waals surface area contributed by atoms with Crippen molar-refractivity contribution in [2.24, 2.45) is 9.98 Å². The van der Waals surface area contributed by atoms with Crippen LogP contribution >= 0.6 is 11.6 Å². The van der Waals surface area contributed by atoms with Crippen molar-refractivity contribution in [1.29, 1.82) is 0 Å². The van der Waals surface area contributed by atoms with E-state index >= 15 is 0 Å². The average Bonchev–Trinajstić information content (AvgIpc) is 3.18. The smallest absolute Gasteiger partial charge is 0.227 e. The summed E-state index contributed by atoms with van der Waals surface area (Å²) in [5, 5.41) is 7.10. The van der Waals surface area contributed by atoms with Crippen molar-refractivity contribution in [2.45, 2.75) is 33.4 Å². The molecule has 0 amide bonds. The lowest BCUT2D eigenvalue weighted by atomic mass is 9.95. The number of benzene rings is 3. The lowest BCUT2D eigenvalue weighted by molar-refractivity contribution is 0.506. The highest BCUT2D eigenvalue weighted by Crippen LogP contribution is 2.34. The van der Waals surface area contributed by atoms with E-state index in [2.05, 4.69) is 39.4 Å². The molecule has 0 saturated carbocycles. The van der Waals surface area contributed by atoms with E-state index in [0.717, 1.165) is 29.2 Å². The third-order valence-corrected chi connectivity index (χ3v) is 6.70. The highest BCUT2D eigenvalue weighted by Gasteiger charge is 2.26. The molecule has 0 radical (unpaired) electrons. The summed E-state index contributed by atoms with van der Waals surface area (Å²) in [4.78, 5) is 18.4. The summed E-state index contributed by atoms with van der Waals surface area (Å²) >= 11 is 6.30. The van der Waals surface area contributed by atoms with Gasteiger partial charge in [0.15, 0.2) is 0 Å². The van der Waals surface area contributed by atoms with Crippen LogP contribution in [0.4, 0.5) is 20.4 Å². The minimum Gasteiger partial charge on any atom is -0.363 e. The van der Waals surface area contributed by atoms with Crippen molar-refractivity contribution in [2.75, 3.05) is 11.9 Å². The average molecular weight is 545 g/mol. The number of hydrogen-bond acceptors (Lipinski definition) is 6. The Morgan fingerprint density at radius 1 is 0.949 bits per heavy atom. The quantitative estimate of drug-likeness (QED) is 0.292. The van der Waals surface area contributed by atoms with Crippen LogP contribution in [-0.4, -0.2) is 33.6 Å². The van der Waals surface area contributed by atoms with E-state index in [1.54, 1.807) is 24.4 Å². The van der Waals surface area contributed by atoms with Gasteiger partial charge in [-0.1, -0.05) is 31.2 Å². The maximum Gasteiger partial charge on any atom is 0.227 e.